The number of rotatable bonds is 11. The van der Waals surface area contributed by atoms with Crippen molar-refractivity contribution in [1.82, 2.24) is 19.8 Å². The van der Waals surface area contributed by atoms with Crippen molar-refractivity contribution >= 4 is 30.3 Å². The fourth-order valence-corrected chi connectivity index (χ4v) is 5.82. The largest absolute Gasteiger partial charge is 0.494 e. The summed E-state index contributed by atoms with van der Waals surface area (Å²) in [4.78, 5) is 32.2. The van der Waals surface area contributed by atoms with Crippen molar-refractivity contribution in [2.24, 2.45) is 0 Å². The van der Waals surface area contributed by atoms with Crippen LogP contribution >= 0.6 is 11.8 Å². The Labute approximate surface area is 231 Å². The van der Waals surface area contributed by atoms with Gasteiger partial charge in [-0.25, -0.2) is 0 Å². The molecule has 0 atom stereocenters. The number of carbonyl (C=O) groups excluding carboxylic acids is 1. The molecule has 38 heavy (non-hydrogen) atoms. The van der Waals surface area contributed by atoms with Gasteiger partial charge in [-0.3, -0.25) is 9.59 Å². The van der Waals surface area contributed by atoms with E-state index in [1.807, 2.05) is 44.4 Å². The number of amides is 1. The molecule has 1 N–H and O–H groups in total. The summed E-state index contributed by atoms with van der Waals surface area (Å²) >= 11 is 1.50. The first-order valence-electron chi connectivity index (χ1n) is 13.7. The molecule has 0 bridgehead atoms. The Hall–Kier alpha value is -2.14. The Balaban J connectivity index is 1.44. The second-order valence-corrected chi connectivity index (χ2v) is 12.0. The lowest BCUT2D eigenvalue weighted by Gasteiger charge is -2.32. The van der Waals surface area contributed by atoms with Gasteiger partial charge in [-0.1, -0.05) is 49.9 Å². The van der Waals surface area contributed by atoms with E-state index in [4.69, 9.17) is 9.31 Å². The van der Waals surface area contributed by atoms with Gasteiger partial charge in [0.2, 0.25) is 5.91 Å². The number of hydrogen-bond donors (Lipinski definition) is 1. The summed E-state index contributed by atoms with van der Waals surface area (Å²) in [5.41, 5.74) is 2.87. The van der Waals surface area contributed by atoms with Crippen molar-refractivity contribution in [3.8, 4) is 0 Å². The molecule has 206 valence electrons. The van der Waals surface area contributed by atoms with E-state index in [0.717, 1.165) is 61.2 Å². The molecule has 2 aromatic rings. The first-order chi connectivity index (χ1) is 18.0. The Morgan fingerprint density at radius 3 is 2.39 bits per heavy atom. The molecule has 2 heterocycles. The summed E-state index contributed by atoms with van der Waals surface area (Å²) in [6.07, 6.45) is 2.45. The van der Waals surface area contributed by atoms with Gasteiger partial charge >= 0.3 is 7.12 Å². The van der Waals surface area contributed by atoms with E-state index in [2.05, 4.69) is 41.2 Å². The lowest BCUT2D eigenvalue weighted by atomic mass is 9.79. The van der Waals surface area contributed by atoms with E-state index in [1.165, 1.54) is 11.8 Å². The van der Waals surface area contributed by atoms with Crippen molar-refractivity contribution < 1.29 is 14.1 Å². The Morgan fingerprint density at radius 1 is 1.11 bits per heavy atom. The van der Waals surface area contributed by atoms with Gasteiger partial charge in [-0.15, -0.1) is 0 Å². The molecule has 0 unspecified atom stereocenters. The third kappa shape index (κ3) is 6.36. The average molecular weight is 541 g/mol. The number of nitrogens with zero attached hydrogens (tertiary/aromatic N) is 3. The van der Waals surface area contributed by atoms with E-state index < -0.39 is 7.12 Å². The number of likely N-dealkylation sites (N-methyl/N-ethyl adjacent to an activating group) is 1. The number of nitrogens with one attached hydrogen (secondary N) is 1. The van der Waals surface area contributed by atoms with Gasteiger partial charge < -0.3 is 24.1 Å². The molecule has 1 aromatic carbocycles. The van der Waals surface area contributed by atoms with Crippen LogP contribution in [-0.4, -0.2) is 64.9 Å². The van der Waals surface area contributed by atoms with Crippen molar-refractivity contribution in [3.05, 3.63) is 51.4 Å². The van der Waals surface area contributed by atoms with Crippen molar-refractivity contribution in [2.45, 2.75) is 89.5 Å². The minimum Gasteiger partial charge on any atom is -0.399 e. The molecule has 1 fully saturated rings. The fourth-order valence-electron chi connectivity index (χ4n) is 4.85. The second kappa shape index (κ2) is 11.9. The van der Waals surface area contributed by atoms with Crippen molar-refractivity contribution in [3.63, 3.8) is 0 Å². The third-order valence-electron chi connectivity index (χ3n) is 8.02. The lowest BCUT2D eigenvalue weighted by Crippen LogP contribution is -2.41. The first-order valence-corrected chi connectivity index (χ1v) is 14.7. The molecule has 1 saturated heterocycles. The third-order valence-corrected chi connectivity index (χ3v) is 9.07. The molecule has 4 rings (SSSR count). The number of hydrogen-bond acceptors (Lipinski definition) is 7. The summed E-state index contributed by atoms with van der Waals surface area (Å²) in [5.74, 6) is 0.587. The lowest BCUT2D eigenvalue weighted by molar-refractivity contribution is -0.121. The van der Waals surface area contributed by atoms with Crippen LogP contribution in [0.4, 0.5) is 0 Å². The topological polar surface area (TPSA) is 85.7 Å². The molecular formula is C28H41BN4O4S. The van der Waals surface area contributed by atoms with E-state index >= 15 is 0 Å². The van der Waals surface area contributed by atoms with E-state index in [0.29, 0.717) is 17.5 Å². The molecule has 1 amide bonds. The summed E-state index contributed by atoms with van der Waals surface area (Å²) in [6, 6.07) is 8.18. The minimum absolute atomic E-state index is 0.0506. The molecular weight excluding hydrogens is 499 g/mol. The number of thioether (sulfide) groups is 1. The SMILES string of the molecule is CCN(CC)CCNC(=O)Cn1c(SCc2ccc(B3OC(C)(C)C(C)(C)O3)cc2)nc(=O)c2c1CCC2. The molecule has 0 saturated carbocycles. The van der Waals surface area contributed by atoms with Crippen LogP contribution < -0.4 is 16.3 Å². The van der Waals surface area contributed by atoms with Gasteiger partial charge in [0.05, 0.1) is 11.2 Å². The van der Waals surface area contributed by atoms with Crippen LogP contribution in [0.25, 0.3) is 0 Å². The van der Waals surface area contributed by atoms with E-state index in [-0.39, 0.29) is 29.2 Å². The Morgan fingerprint density at radius 2 is 1.76 bits per heavy atom. The number of carbonyl (C=O) groups is 1. The number of aromatic nitrogens is 2. The van der Waals surface area contributed by atoms with Crippen LogP contribution in [0.5, 0.6) is 0 Å². The second-order valence-electron chi connectivity index (χ2n) is 11.1. The maximum Gasteiger partial charge on any atom is 0.494 e. The normalized spacial score (nSPS) is 17.7. The van der Waals surface area contributed by atoms with E-state index in [1.54, 1.807) is 0 Å². The summed E-state index contributed by atoms with van der Waals surface area (Å²) in [5, 5.41) is 3.64. The highest BCUT2D eigenvalue weighted by Crippen LogP contribution is 2.36. The molecule has 10 heteroatoms. The van der Waals surface area contributed by atoms with E-state index in [9.17, 15) is 9.59 Å². The zero-order valence-electron chi connectivity index (χ0n) is 23.6. The van der Waals surface area contributed by atoms with Gasteiger partial charge in [-0.2, -0.15) is 4.98 Å². The quantitative estimate of drug-likeness (QED) is 0.267. The van der Waals surface area contributed by atoms with Gasteiger partial charge in [0.15, 0.2) is 5.16 Å². The van der Waals surface area contributed by atoms with Crippen LogP contribution in [-0.2, 0) is 39.2 Å². The molecule has 8 nitrogen and oxygen atoms in total. The van der Waals surface area contributed by atoms with Gasteiger partial charge in [0, 0.05) is 30.1 Å². The predicted octanol–water partition coefficient (Wildman–Crippen LogP) is 2.78. The Bertz CT molecular complexity index is 1180. The number of fused-ring (bicyclic) bond motifs is 1. The molecule has 0 spiro atoms. The standard InChI is InChI=1S/C28H41BN4O4S/c1-7-32(8-2)17-16-30-24(34)18-33-23-11-9-10-22(23)25(35)31-26(33)38-19-20-12-14-21(15-13-20)29-36-27(3,4)28(5,6)37-29/h12-15H,7-11,16-19H2,1-6H3,(H,30,34). The fraction of sp³-hybridized carbons (Fsp3) is 0.607. The minimum atomic E-state index is -0.398. The predicted molar refractivity (Wildman–Crippen MR) is 153 cm³/mol. The molecule has 0 radical (unpaired) electrons. The van der Waals surface area contributed by atoms with Crippen LogP contribution in [0.15, 0.2) is 34.2 Å². The van der Waals surface area contributed by atoms with Gasteiger partial charge in [0.1, 0.15) is 6.54 Å². The van der Waals surface area contributed by atoms with Crippen LogP contribution in [0.3, 0.4) is 0 Å². The molecule has 1 aliphatic carbocycles. The summed E-state index contributed by atoms with van der Waals surface area (Å²) < 4.78 is 14.3. The smallest absolute Gasteiger partial charge is 0.399 e. The van der Waals surface area contributed by atoms with Crippen molar-refractivity contribution in [1.29, 1.82) is 0 Å². The summed E-state index contributed by atoms with van der Waals surface area (Å²) in [7, 11) is -0.398. The highest BCUT2D eigenvalue weighted by Gasteiger charge is 2.51. The summed E-state index contributed by atoms with van der Waals surface area (Å²) in [6.45, 7) is 16.0. The molecule has 1 aliphatic heterocycles. The van der Waals surface area contributed by atoms with Gasteiger partial charge in [0.25, 0.3) is 5.56 Å². The average Bonchev–Trinajstić information content (AvgIpc) is 3.45. The maximum atomic E-state index is 12.8. The van der Waals surface area contributed by atoms with Crippen molar-refractivity contribution in [2.75, 3.05) is 26.2 Å². The first kappa shape index (κ1) is 28.9. The zero-order valence-corrected chi connectivity index (χ0v) is 24.5. The Kier molecular flexibility index (Phi) is 9.07. The van der Waals surface area contributed by atoms with Crippen LogP contribution in [0, 0.1) is 0 Å². The molecule has 2 aliphatic rings. The monoisotopic (exact) mass is 540 g/mol. The highest BCUT2D eigenvalue weighted by atomic mass is 32.2. The number of benzene rings is 1. The molecule has 1 aromatic heterocycles. The van der Waals surface area contributed by atoms with Crippen LogP contribution in [0.2, 0.25) is 0 Å². The highest BCUT2D eigenvalue weighted by molar-refractivity contribution is 7.98. The zero-order chi connectivity index (χ0) is 27.5. The van der Waals surface area contributed by atoms with Gasteiger partial charge in [-0.05, 0) is 71.1 Å². The maximum absolute atomic E-state index is 12.8. The van der Waals surface area contributed by atoms with Crippen LogP contribution in [0.1, 0.15) is 64.8 Å².